The molecule has 0 radical (unpaired) electrons. The number of aliphatic hydroxyl groups excluding tert-OH is 1. The molecule has 3 unspecified atom stereocenters. The molecule has 0 saturated carbocycles. The van der Waals surface area contributed by atoms with E-state index in [4.69, 9.17) is 31.5 Å². The first-order valence-electron chi connectivity index (χ1n) is 17.9. The van der Waals surface area contributed by atoms with Crippen LogP contribution in [-0.2, 0) is 19.1 Å². The second-order valence-corrected chi connectivity index (χ2v) is 8.20. The third kappa shape index (κ3) is 5.16. The number of hydrogen-bond acceptors (Lipinski definition) is 5. The van der Waals surface area contributed by atoms with Crippen molar-refractivity contribution in [2.45, 2.75) is 91.2 Å². The van der Waals surface area contributed by atoms with Crippen LogP contribution in [0.4, 0.5) is 0 Å². The third-order valence-corrected chi connectivity index (χ3v) is 5.63. The number of ether oxygens (including phenoxy) is 2. The van der Waals surface area contributed by atoms with E-state index in [2.05, 4.69) is 5.11 Å². The number of carbonyl (C=O) groups excluding carboxylic acids is 2. The van der Waals surface area contributed by atoms with E-state index in [9.17, 15) is 9.59 Å². The summed E-state index contributed by atoms with van der Waals surface area (Å²) >= 11 is 0. The normalized spacial score (nSPS) is 54.8. The molecule has 1 N–H and O–H groups in total. The molecule has 3 rings (SSSR count). The predicted octanol–water partition coefficient (Wildman–Crippen LogP) is 4.59. The Morgan fingerprint density at radius 1 is 1.57 bits per heavy atom. The quantitative estimate of drug-likeness (QED) is 0.594. The van der Waals surface area contributed by atoms with E-state index in [-0.39, 0.29) is 25.7 Å². The molecule has 0 spiro atoms. The number of esters is 2. The van der Waals surface area contributed by atoms with Gasteiger partial charge in [-0.1, -0.05) is 38.9 Å². The Kier molecular flexibility index (Phi) is 3.05. The molecule has 0 bridgehead atoms. The molecular weight excluding hydrogens is 380 g/mol. The first-order chi connectivity index (χ1) is 20.5. The van der Waals surface area contributed by atoms with Gasteiger partial charge in [-0.25, -0.2) is 0 Å². The second kappa shape index (κ2) is 9.25. The molecule has 2 aliphatic carbocycles. The molecular formula is C25H38O5. The fourth-order valence-corrected chi connectivity index (χ4v) is 4.00. The van der Waals surface area contributed by atoms with Crippen LogP contribution >= 0.6 is 0 Å². The zero-order chi connectivity index (χ0) is 35.8. The lowest BCUT2D eigenvalue weighted by Gasteiger charge is -2.44. The van der Waals surface area contributed by atoms with E-state index in [0.29, 0.717) is 6.92 Å². The van der Waals surface area contributed by atoms with Crippen molar-refractivity contribution in [2.75, 3.05) is 0 Å². The molecule has 0 aromatic rings. The number of hydrogen-bond donors (Lipinski definition) is 1. The zero-order valence-corrected chi connectivity index (χ0v) is 17.3. The molecule has 168 valence electrons. The molecule has 0 aromatic heterocycles. The van der Waals surface area contributed by atoms with Gasteiger partial charge >= 0.3 is 11.9 Å². The molecule has 1 heterocycles. The van der Waals surface area contributed by atoms with Crippen molar-refractivity contribution >= 4 is 11.9 Å². The van der Waals surface area contributed by atoms with Crippen molar-refractivity contribution in [2.24, 2.45) is 29.0 Å². The number of cyclic esters (lactones) is 1. The van der Waals surface area contributed by atoms with Crippen LogP contribution in [-0.4, -0.2) is 36.8 Å². The Morgan fingerprint density at radius 3 is 3.13 bits per heavy atom. The topological polar surface area (TPSA) is 72.8 Å². The number of fused-ring (bicyclic) bond motifs is 1. The molecule has 5 heteroatoms. The summed E-state index contributed by atoms with van der Waals surface area (Å²) in [6, 6.07) is -2.06. The summed E-state index contributed by atoms with van der Waals surface area (Å²) in [6.07, 6.45) is -11.0. The van der Waals surface area contributed by atoms with E-state index in [1.54, 1.807) is 0 Å². The molecule has 1 aliphatic heterocycles. The van der Waals surface area contributed by atoms with Gasteiger partial charge in [0.1, 0.15) is 12.2 Å². The molecule has 1 fully saturated rings. The standard InChI is InChI=1S/C25H38O5/c1-6-25(4,5)24(28)30-21-12-15(2)11-17-8-7-16(3)20(23(17)21)10-9-19-13-18(26)14-22(27)29-19/h7-8,11,15-16,18-21,23,26H,6,9-10,12-14H2,1-5H3/t15-,16-,18+,19?,20-,21?,23-/m0/s1/i1D3,4D3,6D2,7D,8D,11D,12D2,15D,16D,26D/t15-,16-,18+,19?,20-,21?,23-,25?. The van der Waals surface area contributed by atoms with Crippen LogP contribution in [0.2, 0.25) is 0 Å². The average Bonchev–Trinajstić information content (AvgIpc) is 2.90. The smallest absolute Gasteiger partial charge is 0.311 e. The van der Waals surface area contributed by atoms with Gasteiger partial charge in [-0.2, -0.15) is 0 Å². The van der Waals surface area contributed by atoms with Crippen molar-refractivity contribution in [3.05, 3.63) is 23.7 Å². The summed E-state index contributed by atoms with van der Waals surface area (Å²) in [4.78, 5) is 25.9. The fraction of sp³-hybridized carbons (Fsp3) is 0.760. The first kappa shape index (κ1) is 9.89. The number of allylic oxidation sites excluding steroid dienone is 3. The fourth-order valence-electron chi connectivity index (χ4n) is 4.00. The first-order valence-corrected chi connectivity index (χ1v) is 9.95. The highest BCUT2D eigenvalue weighted by atomic mass is 16.6. The Balaban J connectivity index is 2.23. The molecule has 30 heavy (non-hydrogen) atoms. The highest BCUT2D eigenvalue weighted by molar-refractivity contribution is 5.76. The number of carbonyl (C=O) groups is 2. The minimum absolute atomic E-state index is 0.0428. The molecule has 5 nitrogen and oxygen atoms in total. The van der Waals surface area contributed by atoms with Crippen molar-refractivity contribution in [3.63, 3.8) is 0 Å². The maximum atomic E-state index is 13.9. The zero-order valence-electron chi connectivity index (χ0n) is 33.3. The molecule has 8 atom stereocenters. The molecule has 3 aliphatic rings. The van der Waals surface area contributed by atoms with Crippen molar-refractivity contribution in [3.8, 4) is 0 Å². The SMILES string of the molecule is [2H]O[C@H]1CC(=O)OC(CC[C@@H]2[C@@H]3C(=C([2H])[C@]([2H])(C)C([2H])([2H])C3OC(=O)C(C)(C([2H])([2H])[2H])C([2H])([2H])C([2H])([2H])[2H])C([2H])=C([2H])[C@]2([2H])C)C1. The van der Waals surface area contributed by atoms with Gasteiger partial charge in [-0.05, 0) is 62.6 Å². The van der Waals surface area contributed by atoms with Crippen molar-refractivity contribution in [1.29, 1.82) is 1.43 Å². The summed E-state index contributed by atoms with van der Waals surface area (Å²) in [6.45, 7) is -4.62. The van der Waals surface area contributed by atoms with Crippen molar-refractivity contribution < 1.29 is 44.7 Å². The summed E-state index contributed by atoms with van der Waals surface area (Å²) < 4.78 is 143. The molecule has 0 amide bonds. The molecule has 1 saturated heterocycles. The van der Waals surface area contributed by atoms with E-state index in [0.717, 1.165) is 6.92 Å². The van der Waals surface area contributed by atoms with Gasteiger partial charge in [0.15, 0.2) is 0 Å². The lowest BCUT2D eigenvalue weighted by molar-refractivity contribution is -0.166. The Hall–Kier alpha value is -1.62. The Labute approximate surface area is 203 Å². The van der Waals surface area contributed by atoms with Crippen LogP contribution in [0, 0.1) is 29.0 Å². The molecule has 0 aromatic carbocycles. The van der Waals surface area contributed by atoms with E-state index in [1.165, 1.54) is 6.92 Å². The Morgan fingerprint density at radius 2 is 2.40 bits per heavy atom. The van der Waals surface area contributed by atoms with Crippen LogP contribution in [0.3, 0.4) is 0 Å². The monoisotopic (exact) mass is 434 g/mol. The number of rotatable bonds is 7. The van der Waals surface area contributed by atoms with Crippen LogP contribution in [0.5, 0.6) is 0 Å². The minimum Gasteiger partial charge on any atom is -0.462 e. The van der Waals surface area contributed by atoms with Crippen LogP contribution < -0.4 is 0 Å². The third-order valence-electron chi connectivity index (χ3n) is 5.63. The minimum atomic E-state index is -3.75. The van der Waals surface area contributed by atoms with Crippen LogP contribution in [0.15, 0.2) is 23.7 Å². The summed E-state index contributed by atoms with van der Waals surface area (Å²) in [5.41, 5.74) is -3.83. The highest BCUT2D eigenvalue weighted by Crippen LogP contribution is 2.45. The van der Waals surface area contributed by atoms with Gasteiger partial charge in [0.2, 0.25) is 1.43 Å². The van der Waals surface area contributed by atoms with E-state index in [1.807, 2.05) is 0 Å². The summed E-state index contributed by atoms with van der Waals surface area (Å²) in [5, 5.41) is 4.55. The van der Waals surface area contributed by atoms with Crippen molar-refractivity contribution in [1.82, 2.24) is 0 Å². The van der Waals surface area contributed by atoms with Gasteiger partial charge < -0.3 is 14.6 Å². The lowest BCUT2D eigenvalue weighted by atomic mass is 9.65. The predicted molar refractivity (Wildman–Crippen MR) is 115 cm³/mol. The van der Waals surface area contributed by atoms with E-state index >= 15 is 0 Å². The van der Waals surface area contributed by atoms with Gasteiger partial charge in [0.05, 0.1) is 22.1 Å². The maximum absolute atomic E-state index is 13.9. The number of aliphatic hydroxyl groups is 1. The maximum Gasteiger partial charge on any atom is 0.311 e. The summed E-state index contributed by atoms with van der Waals surface area (Å²) in [5.74, 6) is -10.2. The van der Waals surface area contributed by atoms with Gasteiger partial charge in [-0.15, -0.1) is 0 Å². The second-order valence-electron chi connectivity index (χ2n) is 8.20. The van der Waals surface area contributed by atoms with Crippen LogP contribution in [0.1, 0.15) is 93.5 Å². The lowest BCUT2D eigenvalue weighted by Crippen LogP contribution is -2.43. The average molecular weight is 435 g/mol. The largest absolute Gasteiger partial charge is 0.462 e. The van der Waals surface area contributed by atoms with E-state index < -0.39 is 109 Å². The van der Waals surface area contributed by atoms with Gasteiger partial charge in [-0.3, -0.25) is 9.59 Å². The highest BCUT2D eigenvalue weighted by Gasteiger charge is 2.43. The Bertz CT molecular complexity index is 1300. The van der Waals surface area contributed by atoms with Gasteiger partial charge in [0.25, 0.3) is 0 Å². The van der Waals surface area contributed by atoms with Gasteiger partial charge in [0, 0.05) is 28.8 Å². The summed E-state index contributed by atoms with van der Waals surface area (Å²) in [7, 11) is 0. The van der Waals surface area contributed by atoms with Crippen LogP contribution in [0.25, 0.3) is 0 Å².